The molecule has 2 aromatic carbocycles. The molecule has 5 rings (SSSR count). The van der Waals surface area contributed by atoms with Crippen molar-refractivity contribution in [2.24, 2.45) is 0 Å². The third-order valence-corrected chi connectivity index (χ3v) is 7.63. The van der Waals surface area contributed by atoms with Gasteiger partial charge in [0.25, 0.3) is 5.92 Å². The molecule has 3 aromatic rings. The summed E-state index contributed by atoms with van der Waals surface area (Å²) in [4.78, 5) is 15.4. The summed E-state index contributed by atoms with van der Waals surface area (Å²) in [6, 6.07) is 6.95. The zero-order chi connectivity index (χ0) is 26.7. The molecule has 1 aliphatic carbocycles. The van der Waals surface area contributed by atoms with E-state index in [9.17, 15) is 13.6 Å². The number of nitrogens with zero attached hydrogens (tertiary/aromatic N) is 3. The van der Waals surface area contributed by atoms with Gasteiger partial charge < -0.3 is 18.4 Å². The topological polar surface area (TPSA) is 87.6 Å². The summed E-state index contributed by atoms with van der Waals surface area (Å²) in [5.74, 6) is -4.46. The van der Waals surface area contributed by atoms with Gasteiger partial charge >= 0.3 is 0 Å². The highest BCUT2D eigenvalue weighted by molar-refractivity contribution is 14.1. The quantitative estimate of drug-likeness (QED) is 0.323. The fourth-order valence-electron chi connectivity index (χ4n) is 5.03. The molecule has 2 heterocycles. The number of amides is 1. The van der Waals surface area contributed by atoms with Gasteiger partial charge in [-0.25, -0.2) is 4.39 Å². The predicted molar refractivity (Wildman–Crippen MR) is 142 cm³/mol. The Hall–Kier alpha value is -2.51. The van der Waals surface area contributed by atoms with Crippen molar-refractivity contribution in [3.8, 4) is 0 Å². The minimum atomic E-state index is -3.70. The Morgan fingerprint density at radius 2 is 2.03 bits per heavy atom. The Morgan fingerprint density at radius 3 is 2.68 bits per heavy atom. The lowest BCUT2D eigenvalue weighted by atomic mass is 9.83. The highest BCUT2D eigenvalue weighted by Gasteiger charge is 2.52. The normalized spacial score (nSPS) is 20.4. The van der Waals surface area contributed by atoms with Gasteiger partial charge in [-0.15, -0.1) is 5.10 Å². The molecule has 0 radical (unpaired) electrons. The van der Waals surface area contributed by atoms with Gasteiger partial charge in [-0.1, -0.05) is 12.1 Å². The molecule has 1 fully saturated rings. The van der Waals surface area contributed by atoms with Gasteiger partial charge in [0, 0.05) is 28.1 Å². The van der Waals surface area contributed by atoms with E-state index in [-0.39, 0.29) is 24.1 Å². The molecule has 1 aliphatic heterocycles. The molecule has 11 heteroatoms. The van der Waals surface area contributed by atoms with Crippen LogP contribution in [0.5, 0.6) is 0 Å². The molecule has 37 heavy (non-hydrogen) atoms. The minimum absolute atomic E-state index is 0.00358. The monoisotopic (exact) mass is 626 g/mol. The summed E-state index contributed by atoms with van der Waals surface area (Å²) in [7, 11) is 0. The fourth-order valence-corrected chi connectivity index (χ4v) is 5.66. The second kappa shape index (κ2) is 9.35. The van der Waals surface area contributed by atoms with E-state index < -0.39 is 35.4 Å². The van der Waals surface area contributed by atoms with E-state index in [1.54, 1.807) is 29.9 Å². The summed E-state index contributed by atoms with van der Waals surface area (Å²) >= 11 is 1.80. The standard InChI is InChI=1S/C26H26F3IN4O3/c1-13(16-5-4-6-19(22(16)27)26(28,29)11-35)31-23-18-10-21-20(9-17(18)14(2)32-33-23)25(3,12-37-30)24(36)34(21)15-7-8-15/h4-6,9-10,13,15,35H,7-8,11-12H2,1-3H3,(H,31,33)/t13-,25?/m1/s1. The van der Waals surface area contributed by atoms with Gasteiger partial charge in [-0.3, -0.25) is 4.79 Å². The van der Waals surface area contributed by atoms with E-state index >= 15 is 4.39 Å². The molecule has 1 amide bonds. The molecule has 0 saturated heterocycles. The largest absolute Gasteiger partial charge is 0.390 e. The highest BCUT2D eigenvalue weighted by atomic mass is 127. The number of carbonyl (C=O) groups is 1. The second-order valence-corrected chi connectivity index (χ2v) is 10.6. The molecule has 0 spiro atoms. The number of alkyl halides is 2. The summed E-state index contributed by atoms with van der Waals surface area (Å²) in [6.45, 7) is 4.06. The summed E-state index contributed by atoms with van der Waals surface area (Å²) in [6.07, 6.45) is 1.85. The smallest absolute Gasteiger partial charge is 0.298 e. The maximum atomic E-state index is 15.1. The maximum Gasteiger partial charge on any atom is 0.298 e. The number of nitrogens with one attached hydrogen (secondary N) is 1. The predicted octanol–water partition coefficient (Wildman–Crippen LogP) is 5.47. The van der Waals surface area contributed by atoms with E-state index in [0.717, 1.165) is 35.5 Å². The number of fused-ring (bicyclic) bond motifs is 2. The molecule has 7 nitrogen and oxygen atoms in total. The number of aliphatic hydroxyl groups excluding tert-OH is 1. The average molecular weight is 626 g/mol. The summed E-state index contributed by atoms with van der Waals surface area (Å²) < 4.78 is 48.6. The van der Waals surface area contributed by atoms with Crippen LogP contribution in [0.4, 0.5) is 24.7 Å². The van der Waals surface area contributed by atoms with Crippen LogP contribution in [0.2, 0.25) is 0 Å². The third-order valence-electron chi connectivity index (χ3n) is 7.32. The van der Waals surface area contributed by atoms with Crippen LogP contribution in [0, 0.1) is 12.7 Å². The molecular formula is C26H26F3IN4O3. The molecular weight excluding hydrogens is 600 g/mol. The lowest BCUT2D eigenvalue weighted by Crippen LogP contribution is -2.41. The van der Waals surface area contributed by atoms with E-state index in [4.69, 9.17) is 8.17 Å². The lowest BCUT2D eigenvalue weighted by molar-refractivity contribution is -0.123. The van der Waals surface area contributed by atoms with Gasteiger partial charge in [0.1, 0.15) is 35.4 Å². The first-order valence-corrected chi connectivity index (χ1v) is 12.8. The number of anilines is 2. The number of carbonyl (C=O) groups excluding carboxylic acids is 1. The Labute approximate surface area is 226 Å². The van der Waals surface area contributed by atoms with E-state index in [1.807, 2.05) is 30.9 Å². The third kappa shape index (κ3) is 4.24. The van der Waals surface area contributed by atoms with Gasteiger partial charge in [0.05, 0.1) is 29.3 Å². The number of halogens is 4. The first kappa shape index (κ1) is 26.1. The Bertz CT molecular complexity index is 1400. The van der Waals surface area contributed by atoms with Crippen LogP contribution in [0.15, 0.2) is 30.3 Å². The zero-order valence-electron chi connectivity index (χ0n) is 20.5. The molecule has 2 atom stereocenters. The van der Waals surface area contributed by atoms with Crippen LogP contribution >= 0.6 is 23.0 Å². The number of rotatable bonds is 8. The lowest BCUT2D eigenvalue weighted by Gasteiger charge is -2.22. The van der Waals surface area contributed by atoms with Crippen molar-refractivity contribution in [2.45, 2.75) is 57.0 Å². The first-order valence-electron chi connectivity index (χ1n) is 12.0. The summed E-state index contributed by atoms with van der Waals surface area (Å²) in [5, 5.41) is 22.2. The molecule has 2 N–H and O–H groups in total. The Balaban J connectivity index is 1.60. The SMILES string of the molecule is Cc1nnc(N[C@H](C)c2cccc(C(F)(F)CO)c2F)c2cc3c(cc12)C(C)(COI)C(=O)N3C1CC1. The number of hydrogen-bond donors (Lipinski definition) is 2. The van der Waals surface area contributed by atoms with Gasteiger partial charge in [0.15, 0.2) is 5.82 Å². The molecule has 1 aromatic heterocycles. The number of hydrogen-bond acceptors (Lipinski definition) is 6. The van der Waals surface area contributed by atoms with Crippen LogP contribution in [0.3, 0.4) is 0 Å². The Morgan fingerprint density at radius 1 is 1.30 bits per heavy atom. The van der Waals surface area contributed by atoms with Crippen molar-refractivity contribution in [2.75, 3.05) is 23.4 Å². The van der Waals surface area contributed by atoms with Crippen molar-refractivity contribution >= 4 is 51.2 Å². The average Bonchev–Trinajstić information content (AvgIpc) is 3.67. The van der Waals surface area contributed by atoms with Crippen molar-refractivity contribution in [3.05, 3.63) is 58.5 Å². The van der Waals surface area contributed by atoms with Gasteiger partial charge in [-0.2, -0.15) is 13.9 Å². The highest BCUT2D eigenvalue weighted by Crippen LogP contribution is 2.49. The zero-order valence-corrected chi connectivity index (χ0v) is 22.6. The number of aromatic nitrogens is 2. The number of aryl methyl sites for hydroxylation is 1. The molecule has 1 saturated carbocycles. The van der Waals surface area contributed by atoms with Crippen LogP contribution in [0.25, 0.3) is 10.8 Å². The van der Waals surface area contributed by atoms with E-state index in [1.165, 1.54) is 12.1 Å². The van der Waals surface area contributed by atoms with Crippen molar-refractivity contribution < 1.29 is 26.1 Å². The van der Waals surface area contributed by atoms with Gasteiger partial charge in [-0.05, 0) is 57.4 Å². The Kier molecular flexibility index (Phi) is 6.60. The van der Waals surface area contributed by atoms with Gasteiger partial charge in [0.2, 0.25) is 5.91 Å². The first-order chi connectivity index (χ1) is 17.5. The maximum absolute atomic E-state index is 15.1. The van der Waals surface area contributed by atoms with Crippen molar-refractivity contribution in [1.82, 2.24) is 10.2 Å². The van der Waals surface area contributed by atoms with Crippen LogP contribution in [0.1, 0.15) is 55.1 Å². The van der Waals surface area contributed by atoms with Crippen LogP contribution in [-0.2, 0) is 19.2 Å². The molecule has 1 unspecified atom stereocenters. The number of aliphatic hydroxyl groups is 1. The minimum Gasteiger partial charge on any atom is -0.390 e. The van der Waals surface area contributed by atoms with Crippen LogP contribution in [-0.4, -0.2) is 40.5 Å². The van der Waals surface area contributed by atoms with Crippen LogP contribution < -0.4 is 10.2 Å². The molecule has 2 aliphatic rings. The fraction of sp³-hybridized carbons (Fsp3) is 0.423. The number of benzene rings is 2. The van der Waals surface area contributed by atoms with E-state index in [2.05, 4.69) is 15.5 Å². The molecule has 196 valence electrons. The van der Waals surface area contributed by atoms with E-state index in [0.29, 0.717) is 16.9 Å². The van der Waals surface area contributed by atoms with Crippen molar-refractivity contribution in [1.29, 1.82) is 0 Å². The summed E-state index contributed by atoms with van der Waals surface area (Å²) in [5.41, 5.74) is 0.592. The van der Waals surface area contributed by atoms with Crippen molar-refractivity contribution in [3.63, 3.8) is 0 Å². The molecule has 0 bridgehead atoms. The second-order valence-electron chi connectivity index (χ2n) is 9.98.